The number of hydrogen-bond donors (Lipinski definition) is 3. The maximum atomic E-state index is 11.8. The molecule has 1 aromatic rings. The normalized spacial score (nSPS) is 11.9. The zero-order valence-electron chi connectivity index (χ0n) is 12.4. The Balaban J connectivity index is 2.66. The van der Waals surface area contributed by atoms with Crippen LogP contribution < -0.4 is 10.7 Å². The van der Waals surface area contributed by atoms with E-state index in [-0.39, 0.29) is 0 Å². The number of ether oxygens (including phenoxy) is 1. The minimum absolute atomic E-state index is 0.308. The van der Waals surface area contributed by atoms with Gasteiger partial charge in [-0.3, -0.25) is 5.01 Å². The average Bonchev–Trinajstić information content (AvgIpc) is 2.84. The molecule has 0 spiro atoms. The molecule has 0 aromatic carbocycles. The number of hydrazine groups is 1. The monoisotopic (exact) mass is 283 g/mol. The van der Waals surface area contributed by atoms with Crippen LogP contribution in [-0.4, -0.2) is 43.9 Å². The number of hydrogen-bond acceptors (Lipinski definition) is 7. The van der Waals surface area contributed by atoms with Crippen LogP contribution in [0.3, 0.4) is 0 Å². The van der Waals surface area contributed by atoms with Gasteiger partial charge < -0.3 is 10.1 Å². The maximum absolute atomic E-state index is 11.8. The highest BCUT2D eigenvalue weighted by Crippen LogP contribution is 2.09. The van der Waals surface area contributed by atoms with E-state index in [9.17, 15) is 4.79 Å². The molecule has 9 heteroatoms. The number of nitrogens with one attached hydrogen (secondary N) is 3. The minimum Gasteiger partial charge on any atom is -0.443 e. The van der Waals surface area contributed by atoms with Crippen LogP contribution in [0.2, 0.25) is 0 Å². The summed E-state index contributed by atoms with van der Waals surface area (Å²) in [5.74, 6) is 0.919. The van der Waals surface area contributed by atoms with Crippen LogP contribution in [0, 0.1) is 0 Å². The van der Waals surface area contributed by atoms with E-state index in [1.54, 1.807) is 31.9 Å². The second kappa shape index (κ2) is 6.73. The van der Waals surface area contributed by atoms with Crippen molar-refractivity contribution < 1.29 is 9.53 Å². The highest BCUT2D eigenvalue weighted by Gasteiger charge is 2.19. The van der Waals surface area contributed by atoms with Gasteiger partial charge in [0.25, 0.3) is 5.95 Å². The number of carbonyl (C=O) groups is 1. The van der Waals surface area contributed by atoms with Gasteiger partial charge in [0.15, 0.2) is 0 Å². The molecular weight excluding hydrogens is 262 g/mol. The van der Waals surface area contributed by atoms with Crippen LogP contribution in [0.4, 0.5) is 10.7 Å². The summed E-state index contributed by atoms with van der Waals surface area (Å²) in [4.78, 5) is 11.8. The van der Waals surface area contributed by atoms with Crippen molar-refractivity contribution in [3.8, 4) is 0 Å². The Labute approximate surface area is 117 Å². The predicted octanol–water partition coefficient (Wildman–Crippen LogP) is 1.23. The summed E-state index contributed by atoms with van der Waals surface area (Å²) >= 11 is 0. The molecule has 9 nitrogen and oxygen atoms in total. The summed E-state index contributed by atoms with van der Waals surface area (Å²) in [6, 6.07) is 0. The van der Waals surface area contributed by atoms with Gasteiger partial charge in [-0.2, -0.15) is 5.21 Å². The first-order valence-electron chi connectivity index (χ1n) is 6.29. The van der Waals surface area contributed by atoms with Crippen LogP contribution in [0.1, 0.15) is 34.6 Å². The standard InChI is InChI=1S/C11H21N7O2/c1-6-8(12-9-13-16-17-14-9)18(7-2)15-10(19)20-11(3,4)5/h6H,7H2,1-5H3,(H,15,19)(H2,12,13,14,16,17). The van der Waals surface area contributed by atoms with Crippen LogP contribution in [-0.2, 0) is 4.74 Å². The average molecular weight is 283 g/mol. The van der Waals surface area contributed by atoms with Gasteiger partial charge in [0.2, 0.25) is 0 Å². The molecule has 3 N–H and O–H groups in total. The first kappa shape index (κ1) is 15.7. The molecule has 1 amide bonds. The summed E-state index contributed by atoms with van der Waals surface area (Å²) in [5, 5.41) is 17.9. The molecule has 0 aliphatic heterocycles. The largest absolute Gasteiger partial charge is 0.443 e. The number of nitrogens with zero attached hydrogens (tertiary/aromatic N) is 4. The number of aromatic amines is 1. The van der Waals surface area contributed by atoms with Crippen LogP contribution in [0.5, 0.6) is 0 Å². The van der Waals surface area contributed by atoms with Gasteiger partial charge in [-0.1, -0.05) is 5.10 Å². The number of rotatable bonds is 5. The van der Waals surface area contributed by atoms with Crippen molar-refractivity contribution in [2.75, 3.05) is 11.9 Å². The van der Waals surface area contributed by atoms with E-state index in [0.29, 0.717) is 18.3 Å². The lowest BCUT2D eigenvalue weighted by atomic mass is 10.2. The predicted molar refractivity (Wildman–Crippen MR) is 73.3 cm³/mol. The third-order valence-electron chi connectivity index (χ3n) is 2.09. The summed E-state index contributed by atoms with van der Waals surface area (Å²) < 4.78 is 5.20. The molecular formula is C11H21N7O2. The number of tetrazole rings is 1. The fourth-order valence-corrected chi connectivity index (χ4v) is 1.35. The second-order valence-corrected chi connectivity index (χ2v) is 4.89. The number of aromatic nitrogens is 4. The fraction of sp³-hybridized carbons (Fsp3) is 0.636. The van der Waals surface area contributed by atoms with Crippen molar-refractivity contribution in [3.63, 3.8) is 0 Å². The van der Waals surface area contributed by atoms with E-state index in [0.717, 1.165) is 0 Å². The zero-order valence-corrected chi connectivity index (χ0v) is 12.4. The van der Waals surface area contributed by atoms with E-state index in [4.69, 9.17) is 4.74 Å². The Morgan fingerprint density at radius 1 is 1.50 bits per heavy atom. The molecule has 0 aliphatic rings. The second-order valence-electron chi connectivity index (χ2n) is 4.89. The van der Waals surface area contributed by atoms with Gasteiger partial charge in [0.05, 0.1) is 0 Å². The quantitative estimate of drug-likeness (QED) is 0.697. The fourth-order valence-electron chi connectivity index (χ4n) is 1.35. The van der Waals surface area contributed by atoms with E-state index >= 15 is 0 Å². The Bertz CT molecular complexity index is 450. The van der Waals surface area contributed by atoms with Gasteiger partial charge >= 0.3 is 6.09 Å². The Hall–Kier alpha value is -2.32. The van der Waals surface area contributed by atoms with E-state index in [1.165, 1.54) is 0 Å². The zero-order chi connectivity index (χ0) is 15.2. The molecule has 1 rings (SSSR count). The number of carbonyl (C=O) groups excluding carboxylic acids is 1. The van der Waals surface area contributed by atoms with Crippen molar-refractivity contribution in [3.05, 3.63) is 11.9 Å². The Morgan fingerprint density at radius 3 is 2.65 bits per heavy atom. The number of H-pyrrole nitrogens is 1. The SMILES string of the molecule is CC=C(Nc1nn[nH]n1)N(CC)NC(=O)OC(C)(C)C. The maximum Gasteiger partial charge on any atom is 0.426 e. The number of amides is 1. The number of anilines is 1. The third-order valence-corrected chi connectivity index (χ3v) is 2.09. The minimum atomic E-state index is -0.555. The molecule has 20 heavy (non-hydrogen) atoms. The molecule has 0 saturated carbocycles. The van der Waals surface area contributed by atoms with E-state index < -0.39 is 11.7 Å². The van der Waals surface area contributed by atoms with Crippen molar-refractivity contribution >= 4 is 12.0 Å². The van der Waals surface area contributed by atoms with Gasteiger partial charge in [-0.25, -0.2) is 10.2 Å². The topological polar surface area (TPSA) is 108 Å². The molecule has 1 heterocycles. The van der Waals surface area contributed by atoms with Crippen molar-refractivity contribution in [1.82, 2.24) is 31.1 Å². The van der Waals surface area contributed by atoms with Crippen LogP contribution in [0.15, 0.2) is 11.9 Å². The van der Waals surface area contributed by atoms with Crippen molar-refractivity contribution in [2.24, 2.45) is 0 Å². The summed E-state index contributed by atoms with van der Waals surface area (Å²) in [7, 11) is 0. The van der Waals surface area contributed by atoms with Gasteiger partial charge in [-0.15, -0.1) is 5.10 Å². The lowest BCUT2D eigenvalue weighted by Crippen LogP contribution is -2.45. The highest BCUT2D eigenvalue weighted by molar-refractivity contribution is 5.67. The summed E-state index contributed by atoms with van der Waals surface area (Å²) in [6.07, 6.45) is 1.24. The van der Waals surface area contributed by atoms with E-state index in [2.05, 4.69) is 31.4 Å². The highest BCUT2D eigenvalue weighted by atomic mass is 16.6. The molecule has 0 atom stereocenters. The van der Waals surface area contributed by atoms with Crippen LogP contribution >= 0.6 is 0 Å². The molecule has 0 fully saturated rings. The van der Waals surface area contributed by atoms with Crippen molar-refractivity contribution in [2.45, 2.75) is 40.2 Å². The smallest absolute Gasteiger partial charge is 0.426 e. The molecule has 112 valence electrons. The van der Waals surface area contributed by atoms with Crippen LogP contribution in [0.25, 0.3) is 0 Å². The third kappa shape index (κ3) is 5.12. The van der Waals surface area contributed by atoms with Gasteiger partial charge in [0.1, 0.15) is 11.4 Å². The molecule has 0 aliphatic carbocycles. The summed E-state index contributed by atoms with van der Waals surface area (Å²) in [6.45, 7) is 9.65. The molecule has 0 unspecified atom stereocenters. The van der Waals surface area contributed by atoms with Gasteiger partial charge in [0, 0.05) is 6.54 Å². The molecule has 0 saturated heterocycles. The molecule has 0 bridgehead atoms. The molecule has 1 aromatic heterocycles. The Kier molecular flexibility index (Phi) is 5.30. The lowest BCUT2D eigenvalue weighted by Gasteiger charge is -2.28. The number of allylic oxidation sites excluding steroid dienone is 1. The Morgan fingerprint density at radius 2 is 2.20 bits per heavy atom. The summed E-state index contributed by atoms with van der Waals surface area (Å²) in [5.41, 5.74) is 2.09. The first-order valence-corrected chi connectivity index (χ1v) is 6.29. The van der Waals surface area contributed by atoms with Crippen molar-refractivity contribution in [1.29, 1.82) is 0 Å². The van der Waals surface area contributed by atoms with E-state index in [1.807, 2.05) is 13.8 Å². The lowest BCUT2D eigenvalue weighted by molar-refractivity contribution is 0.0385. The first-order chi connectivity index (χ1) is 9.35. The van der Waals surface area contributed by atoms with Gasteiger partial charge in [-0.05, 0) is 45.9 Å². The molecule has 0 radical (unpaired) electrons.